The molecule has 0 bridgehead atoms. The van der Waals surface area contributed by atoms with E-state index in [1.165, 1.54) is 0 Å². The van der Waals surface area contributed by atoms with Crippen LogP contribution in [0.25, 0.3) is 0 Å². The Morgan fingerprint density at radius 1 is 1.16 bits per heavy atom. The van der Waals surface area contributed by atoms with E-state index in [9.17, 15) is 0 Å². The van der Waals surface area contributed by atoms with E-state index < -0.39 is 0 Å². The fourth-order valence-corrected chi connectivity index (χ4v) is 1.60. The van der Waals surface area contributed by atoms with Gasteiger partial charge in [0.2, 0.25) is 0 Å². The van der Waals surface area contributed by atoms with Crippen LogP contribution in [0.3, 0.4) is 0 Å². The van der Waals surface area contributed by atoms with Crippen molar-refractivity contribution in [3.05, 3.63) is 36.4 Å². The summed E-state index contributed by atoms with van der Waals surface area (Å²) in [6, 6.07) is 5.58. The molecule has 0 fully saturated rings. The largest absolute Gasteiger partial charge is 0.396 e. The summed E-state index contributed by atoms with van der Waals surface area (Å²) in [7, 11) is 0. The number of hydrogen-bond donors (Lipinski definition) is 3. The van der Waals surface area contributed by atoms with Crippen LogP contribution < -0.4 is 10.6 Å². The number of hydrogen-bond acceptors (Lipinski definition) is 6. The molecule has 19 heavy (non-hydrogen) atoms. The smallest absolute Gasteiger partial charge is 0.136 e. The maximum Gasteiger partial charge on any atom is 0.136 e. The maximum atomic E-state index is 8.76. The van der Waals surface area contributed by atoms with Gasteiger partial charge in [-0.1, -0.05) is 0 Å². The summed E-state index contributed by atoms with van der Waals surface area (Å²) in [5, 5.41) is 15.1. The number of aryl methyl sites for hydroxylation is 1. The number of nitrogens with zero attached hydrogens (tertiary/aromatic N) is 3. The molecule has 100 valence electrons. The van der Waals surface area contributed by atoms with Crippen molar-refractivity contribution in [3.8, 4) is 0 Å². The van der Waals surface area contributed by atoms with Crippen molar-refractivity contribution in [3.63, 3.8) is 0 Å². The first-order valence-corrected chi connectivity index (χ1v) is 6.15. The molecular weight excluding hydrogens is 242 g/mol. The van der Waals surface area contributed by atoms with Gasteiger partial charge in [0.15, 0.2) is 0 Å². The number of aromatic nitrogens is 3. The van der Waals surface area contributed by atoms with E-state index >= 15 is 0 Å². The summed E-state index contributed by atoms with van der Waals surface area (Å²) in [6.45, 7) is 2.69. The Kier molecular flexibility index (Phi) is 4.63. The molecule has 0 radical (unpaired) electrons. The molecule has 0 unspecified atom stereocenters. The number of nitrogens with one attached hydrogen (secondary N) is 2. The predicted molar refractivity (Wildman–Crippen MR) is 74.5 cm³/mol. The monoisotopic (exact) mass is 259 g/mol. The number of rotatable bonds is 6. The van der Waals surface area contributed by atoms with E-state index in [0.29, 0.717) is 18.8 Å². The van der Waals surface area contributed by atoms with Crippen LogP contribution >= 0.6 is 0 Å². The van der Waals surface area contributed by atoms with Gasteiger partial charge in [-0.2, -0.15) is 0 Å². The highest BCUT2D eigenvalue weighted by Crippen LogP contribution is 2.16. The van der Waals surface area contributed by atoms with E-state index in [4.69, 9.17) is 5.11 Å². The molecular formula is C13H17N5O. The van der Waals surface area contributed by atoms with Crippen LogP contribution in [0.1, 0.15) is 12.2 Å². The first-order chi connectivity index (χ1) is 9.28. The maximum absolute atomic E-state index is 8.76. The zero-order valence-electron chi connectivity index (χ0n) is 10.8. The average Bonchev–Trinajstić information content (AvgIpc) is 2.39. The van der Waals surface area contributed by atoms with Crippen LogP contribution in [0.2, 0.25) is 0 Å². The molecule has 0 aliphatic carbocycles. The molecule has 3 N–H and O–H groups in total. The Labute approximate surface area is 112 Å². The lowest BCUT2D eigenvalue weighted by Gasteiger charge is -2.09. The molecule has 0 saturated carbocycles. The lowest BCUT2D eigenvalue weighted by molar-refractivity contribution is 0.292. The van der Waals surface area contributed by atoms with Gasteiger partial charge < -0.3 is 15.7 Å². The molecule has 0 aromatic carbocycles. The summed E-state index contributed by atoms with van der Waals surface area (Å²) in [5.41, 5.74) is 0.925. The highest BCUT2D eigenvalue weighted by molar-refractivity contribution is 5.58. The zero-order chi connectivity index (χ0) is 13.5. The van der Waals surface area contributed by atoms with Gasteiger partial charge in [-0.15, -0.1) is 0 Å². The molecule has 6 heteroatoms. The molecule has 0 atom stereocenters. The first kappa shape index (κ1) is 13.2. The van der Waals surface area contributed by atoms with E-state index in [2.05, 4.69) is 25.6 Å². The molecule has 6 nitrogen and oxygen atoms in total. The van der Waals surface area contributed by atoms with Crippen LogP contribution in [0.4, 0.5) is 17.3 Å². The van der Waals surface area contributed by atoms with Gasteiger partial charge in [-0.25, -0.2) is 9.97 Å². The Morgan fingerprint density at radius 3 is 2.63 bits per heavy atom. The highest BCUT2D eigenvalue weighted by Gasteiger charge is 2.02. The number of anilines is 3. The lowest BCUT2D eigenvalue weighted by Crippen LogP contribution is -2.07. The van der Waals surface area contributed by atoms with Gasteiger partial charge in [-0.3, -0.25) is 4.98 Å². The van der Waals surface area contributed by atoms with Gasteiger partial charge in [0, 0.05) is 37.3 Å². The molecule has 0 amide bonds. The second-order valence-corrected chi connectivity index (χ2v) is 4.05. The molecule has 2 rings (SSSR count). The van der Waals surface area contributed by atoms with Crippen molar-refractivity contribution in [1.29, 1.82) is 0 Å². The normalized spacial score (nSPS) is 10.2. The van der Waals surface area contributed by atoms with E-state index in [1.807, 2.05) is 25.1 Å². The molecule has 2 aromatic heterocycles. The van der Waals surface area contributed by atoms with Crippen LogP contribution in [0, 0.1) is 6.92 Å². The van der Waals surface area contributed by atoms with Gasteiger partial charge in [0.1, 0.15) is 17.5 Å². The van der Waals surface area contributed by atoms with E-state index in [0.717, 1.165) is 17.3 Å². The quantitative estimate of drug-likeness (QED) is 0.685. The predicted octanol–water partition coefficient (Wildman–Crippen LogP) is 1.72. The summed E-state index contributed by atoms with van der Waals surface area (Å²) < 4.78 is 0. The molecule has 0 aliphatic rings. The van der Waals surface area contributed by atoms with Crippen molar-refractivity contribution in [2.75, 3.05) is 23.8 Å². The fourth-order valence-electron chi connectivity index (χ4n) is 1.60. The average molecular weight is 259 g/mol. The number of aliphatic hydroxyl groups is 1. The molecule has 0 aliphatic heterocycles. The Hall–Kier alpha value is -2.21. The summed E-state index contributed by atoms with van der Waals surface area (Å²) in [4.78, 5) is 12.6. The minimum Gasteiger partial charge on any atom is -0.396 e. The molecule has 2 heterocycles. The summed E-state index contributed by atoms with van der Waals surface area (Å²) >= 11 is 0. The van der Waals surface area contributed by atoms with Crippen molar-refractivity contribution < 1.29 is 5.11 Å². The second-order valence-electron chi connectivity index (χ2n) is 4.05. The summed E-state index contributed by atoms with van der Waals surface area (Å²) in [5.74, 6) is 2.16. The first-order valence-electron chi connectivity index (χ1n) is 6.15. The van der Waals surface area contributed by atoms with Gasteiger partial charge in [-0.05, 0) is 25.5 Å². The Morgan fingerprint density at radius 2 is 1.89 bits per heavy atom. The van der Waals surface area contributed by atoms with Gasteiger partial charge >= 0.3 is 0 Å². The van der Waals surface area contributed by atoms with Gasteiger partial charge in [0.05, 0.1) is 0 Å². The lowest BCUT2D eigenvalue weighted by atomic mass is 10.4. The zero-order valence-corrected chi connectivity index (χ0v) is 10.8. The fraction of sp³-hybridized carbons (Fsp3) is 0.308. The van der Waals surface area contributed by atoms with Crippen LogP contribution in [0.5, 0.6) is 0 Å². The third-order valence-electron chi connectivity index (χ3n) is 2.43. The molecule has 0 saturated heterocycles. The van der Waals surface area contributed by atoms with Gasteiger partial charge in [0.25, 0.3) is 0 Å². The topological polar surface area (TPSA) is 83.0 Å². The second kappa shape index (κ2) is 6.65. The third kappa shape index (κ3) is 4.18. The highest BCUT2D eigenvalue weighted by atomic mass is 16.3. The minimum atomic E-state index is 0.166. The summed E-state index contributed by atoms with van der Waals surface area (Å²) in [6.07, 6.45) is 4.13. The SMILES string of the molecule is Cc1nc(NCCCO)cc(Nc2ccncc2)n1. The Balaban J connectivity index is 2.08. The van der Waals surface area contributed by atoms with E-state index in [1.54, 1.807) is 12.4 Å². The Bertz CT molecular complexity index is 518. The van der Waals surface area contributed by atoms with Crippen LogP contribution in [-0.2, 0) is 0 Å². The van der Waals surface area contributed by atoms with Crippen molar-refractivity contribution in [1.82, 2.24) is 15.0 Å². The van der Waals surface area contributed by atoms with Crippen molar-refractivity contribution in [2.45, 2.75) is 13.3 Å². The minimum absolute atomic E-state index is 0.166. The van der Waals surface area contributed by atoms with Crippen molar-refractivity contribution in [2.24, 2.45) is 0 Å². The van der Waals surface area contributed by atoms with Crippen LogP contribution in [-0.4, -0.2) is 33.2 Å². The molecule has 2 aromatic rings. The third-order valence-corrected chi connectivity index (χ3v) is 2.43. The molecule has 0 spiro atoms. The van der Waals surface area contributed by atoms with E-state index in [-0.39, 0.29) is 6.61 Å². The van der Waals surface area contributed by atoms with Crippen molar-refractivity contribution >= 4 is 17.3 Å². The number of pyridine rings is 1. The number of aliphatic hydroxyl groups excluding tert-OH is 1. The standard InChI is InChI=1S/C13H17N5O/c1-10-16-12(15-5-2-8-19)9-13(17-10)18-11-3-6-14-7-4-11/h3-4,6-7,9,19H,2,5,8H2,1H3,(H2,14,15,16,17,18). The van der Waals surface area contributed by atoms with Crippen LogP contribution in [0.15, 0.2) is 30.6 Å².